The Balaban J connectivity index is 0.000000162. The molecule has 1 fully saturated rings. The van der Waals surface area contributed by atoms with Crippen LogP contribution in [0, 0.1) is 11.6 Å². The van der Waals surface area contributed by atoms with Crippen molar-refractivity contribution in [2.45, 2.75) is 0 Å². The maximum absolute atomic E-state index is 12.1. The van der Waals surface area contributed by atoms with Gasteiger partial charge in [-0.15, -0.1) is 0 Å². The lowest BCUT2D eigenvalue weighted by Crippen LogP contribution is -2.39. The van der Waals surface area contributed by atoms with Crippen LogP contribution in [0.3, 0.4) is 0 Å². The molecule has 0 aromatic heterocycles. The standard InChI is InChI=1S/C6H5F2N.C4H10N2/c7-4-1-5(8)3-6(9)2-4;1-2-6-4-3-5-1/h1-3H,9H2;5-6H,1-4H2. The lowest BCUT2D eigenvalue weighted by molar-refractivity contribution is 0.534. The highest BCUT2D eigenvalue weighted by atomic mass is 19.1. The first-order valence-electron chi connectivity index (χ1n) is 4.81. The van der Waals surface area contributed by atoms with Crippen molar-refractivity contribution >= 4 is 5.69 Å². The van der Waals surface area contributed by atoms with E-state index in [1.165, 1.54) is 0 Å². The van der Waals surface area contributed by atoms with Gasteiger partial charge in [-0.2, -0.15) is 0 Å². The first kappa shape index (κ1) is 11.9. The summed E-state index contributed by atoms with van der Waals surface area (Å²) in [5.41, 5.74) is 5.18. The smallest absolute Gasteiger partial charge is 0.128 e. The van der Waals surface area contributed by atoms with E-state index in [0.29, 0.717) is 0 Å². The van der Waals surface area contributed by atoms with Crippen molar-refractivity contribution in [3.8, 4) is 0 Å². The van der Waals surface area contributed by atoms with Crippen LogP contribution in [0.25, 0.3) is 0 Å². The Kier molecular flexibility index (Phi) is 5.00. The minimum Gasteiger partial charge on any atom is -0.399 e. The van der Waals surface area contributed by atoms with Gasteiger partial charge >= 0.3 is 0 Å². The second kappa shape index (κ2) is 6.31. The normalized spacial score (nSPS) is 15.3. The summed E-state index contributed by atoms with van der Waals surface area (Å²) in [4.78, 5) is 0. The van der Waals surface area contributed by atoms with E-state index in [-0.39, 0.29) is 5.69 Å². The molecule has 1 aliphatic heterocycles. The maximum Gasteiger partial charge on any atom is 0.128 e. The van der Waals surface area contributed by atoms with Crippen molar-refractivity contribution in [1.82, 2.24) is 10.6 Å². The zero-order chi connectivity index (χ0) is 11.1. The van der Waals surface area contributed by atoms with Crippen molar-refractivity contribution in [3.63, 3.8) is 0 Å². The van der Waals surface area contributed by atoms with Gasteiger partial charge in [-0.1, -0.05) is 0 Å². The molecule has 1 aromatic carbocycles. The van der Waals surface area contributed by atoms with Gasteiger partial charge in [0.15, 0.2) is 0 Å². The summed E-state index contributed by atoms with van der Waals surface area (Å²) in [6.45, 7) is 4.56. The molecule has 1 heterocycles. The lowest BCUT2D eigenvalue weighted by atomic mass is 10.3. The Morgan fingerprint density at radius 2 is 1.27 bits per heavy atom. The molecule has 0 bridgehead atoms. The predicted molar refractivity (Wildman–Crippen MR) is 56.5 cm³/mol. The van der Waals surface area contributed by atoms with Crippen LogP contribution in [-0.2, 0) is 0 Å². The van der Waals surface area contributed by atoms with E-state index in [4.69, 9.17) is 5.73 Å². The van der Waals surface area contributed by atoms with Gasteiger partial charge in [0.25, 0.3) is 0 Å². The first-order valence-corrected chi connectivity index (χ1v) is 4.81. The number of anilines is 1. The van der Waals surface area contributed by atoms with E-state index in [0.717, 1.165) is 44.4 Å². The van der Waals surface area contributed by atoms with Crippen molar-refractivity contribution in [2.24, 2.45) is 0 Å². The minimum atomic E-state index is -0.646. The summed E-state index contributed by atoms with van der Waals surface area (Å²) >= 11 is 0. The number of rotatable bonds is 0. The third-order valence-corrected chi connectivity index (χ3v) is 1.84. The minimum absolute atomic E-state index is 0.104. The van der Waals surface area contributed by atoms with Gasteiger partial charge in [0.2, 0.25) is 0 Å². The second-order valence-corrected chi connectivity index (χ2v) is 3.20. The fourth-order valence-electron chi connectivity index (χ4n) is 1.18. The topological polar surface area (TPSA) is 50.1 Å². The van der Waals surface area contributed by atoms with Crippen LogP contribution in [0.4, 0.5) is 14.5 Å². The fourth-order valence-corrected chi connectivity index (χ4v) is 1.18. The van der Waals surface area contributed by atoms with Gasteiger partial charge in [-0.3, -0.25) is 0 Å². The van der Waals surface area contributed by atoms with E-state index in [9.17, 15) is 8.78 Å². The number of hydrogen-bond acceptors (Lipinski definition) is 3. The van der Waals surface area contributed by atoms with Gasteiger partial charge in [0.1, 0.15) is 11.6 Å². The molecule has 0 amide bonds. The number of nitrogen functional groups attached to an aromatic ring is 1. The van der Waals surface area contributed by atoms with Crippen LogP contribution in [0.2, 0.25) is 0 Å². The molecule has 0 saturated carbocycles. The summed E-state index contributed by atoms with van der Waals surface area (Å²) in [7, 11) is 0. The number of nitrogens with one attached hydrogen (secondary N) is 2. The SMILES string of the molecule is C1CNCCN1.Nc1cc(F)cc(F)c1. The highest BCUT2D eigenvalue weighted by Gasteiger charge is 1.94. The van der Waals surface area contributed by atoms with Gasteiger partial charge in [-0.25, -0.2) is 8.78 Å². The highest BCUT2D eigenvalue weighted by Crippen LogP contribution is 2.07. The number of piperazine rings is 1. The summed E-state index contributed by atoms with van der Waals surface area (Å²) in [5, 5.41) is 6.44. The maximum atomic E-state index is 12.1. The van der Waals surface area contributed by atoms with Gasteiger partial charge < -0.3 is 16.4 Å². The fraction of sp³-hybridized carbons (Fsp3) is 0.400. The van der Waals surface area contributed by atoms with Crippen LogP contribution in [0.1, 0.15) is 0 Å². The van der Waals surface area contributed by atoms with Crippen LogP contribution < -0.4 is 16.4 Å². The van der Waals surface area contributed by atoms with Crippen LogP contribution >= 0.6 is 0 Å². The number of nitrogens with two attached hydrogens (primary N) is 1. The molecule has 0 atom stereocenters. The lowest BCUT2D eigenvalue weighted by Gasteiger charge is -2.11. The average Bonchev–Trinajstić information content (AvgIpc) is 2.19. The molecule has 1 aliphatic rings. The summed E-state index contributed by atoms with van der Waals surface area (Å²) in [5.74, 6) is -1.29. The van der Waals surface area contributed by atoms with E-state index in [1.54, 1.807) is 0 Å². The second-order valence-electron chi connectivity index (χ2n) is 3.20. The molecule has 0 spiro atoms. The number of hydrogen-bond donors (Lipinski definition) is 3. The monoisotopic (exact) mass is 215 g/mol. The van der Waals surface area contributed by atoms with Crippen molar-refractivity contribution < 1.29 is 8.78 Å². The highest BCUT2D eigenvalue weighted by molar-refractivity contribution is 5.37. The molecule has 0 radical (unpaired) electrons. The van der Waals surface area contributed by atoms with Crippen molar-refractivity contribution in [3.05, 3.63) is 29.8 Å². The number of halogens is 2. The van der Waals surface area contributed by atoms with Gasteiger partial charge in [0.05, 0.1) is 0 Å². The van der Waals surface area contributed by atoms with Crippen LogP contribution in [0.5, 0.6) is 0 Å². The van der Waals surface area contributed by atoms with Gasteiger partial charge in [0, 0.05) is 37.9 Å². The molecule has 1 saturated heterocycles. The van der Waals surface area contributed by atoms with Crippen LogP contribution in [0.15, 0.2) is 18.2 Å². The molecule has 15 heavy (non-hydrogen) atoms. The molecular weight excluding hydrogens is 200 g/mol. The molecule has 4 N–H and O–H groups in total. The Hall–Kier alpha value is -1.20. The van der Waals surface area contributed by atoms with E-state index >= 15 is 0 Å². The van der Waals surface area contributed by atoms with Gasteiger partial charge in [-0.05, 0) is 12.1 Å². The zero-order valence-corrected chi connectivity index (χ0v) is 8.39. The largest absolute Gasteiger partial charge is 0.399 e. The summed E-state index contributed by atoms with van der Waals surface area (Å²) in [6.07, 6.45) is 0. The Labute approximate surface area is 87.7 Å². The molecule has 3 nitrogen and oxygen atoms in total. The zero-order valence-electron chi connectivity index (χ0n) is 8.39. The molecule has 84 valence electrons. The van der Waals surface area contributed by atoms with Crippen LogP contribution in [-0.4, -0.2) is 26.2 Å². The van der Waals surface area contributed by atoms with E-state index in [2.05, 4.69) is 10.6 Å². The predicted octanol–water partition coefficient (Wildman–Crippen LogP) is 0.726. The molecule has 5 heteroatoms. The molecular formula is C10H15F2N3. The Bertz CT molecular complexity index is 239. The quantitative estimate of drug-likeness (QED) is 0.559. The third kappa shape index (κ3) is 5.29. The third-order valence-electron chi connectivity index (χ3n) is 1.84. The Morgan fingerprint density at radius 3 is 1.53 bits per heavy atom. The summed E-state index contributed by atoms with van der Waals surface area (Å²) < 4.78 is 24.2. The first-order chi connectivity index (χ1) is 7.18. The summed E-state index contributed by atoms with van der Waals surface area (Å²) in [6, 6.07) is 2.89. The number of benzene rings is 1. The molecule has 2 rings (SSSR count). The van der Waals surface area contributed by atoms with E-state index in [1.807, 2.05) is 0 Å². The average molecular weight is 215 g/mol. The van der Waals surface area contributed by atoms with Crippen molar-refractivity contribution in [1.29, 1.82) is 0 Å². The molecule has 0 unspecified atom stereocenters. The molecule has 0 aliphatic carbocycles. The Morgan fingerprint density at radius 1 is 0.867 bits per heavy atom. The van der Waals surface area contributed by atoms with E-state index < -0.39 is 11.6 Å². The molecule has 1 aromatic rings. The van der Waals surface area contributed by atoms with Crippen molar-refractivity contribution in [2.75, 3.05) is 31.9 Å².